The van der Waals surface area contributed by atoms with Crippen molar-refractivity contribution in [2.45, 2.75) is 25.3 Å². The van der Waals surface area contributed by atoms with Gasteiger partial charge in [0.1, 0.15) is 0 Å². The molecule has 3 nitrogen and oxygen atoms in total. The lowest BCUT2D eigenvalue weighted by molar-refractivity contribution is 0.419. The molecule has 1 aromatic carbocycles. The first-order valence-corrected chi connectivity index (χ1v) is 10.5. The molecular weight excluding hydrogens is 380 g/mol. The minimum Gasteiger partial charge on any atom is -0.493 e. The Balaban J connectivity index is 1.71. The molecule has 0 radical (unpaired) electrons. The topological polar surface area (TPSA) is 28.4 Å². The van der Waals surface area contributed by atoms with Crippen LogP contribution in [0.25, 0.3) is 6.08 Å². The zero-order chi connectivity index (χ0) is 18.5. The van der Waals surface area contributed by atoms with Gasteiger partial charge in [0.05, 0.1) is 15.6 Å². The smallest absolute Gasteiger partial charge is 0.211 e. The van der Waals surface area contributed by atoms with E-state index in [0.29, 0.717) is 10.5 Å². The van der Waals surface area contributed by atoms with Gasteiger partial charge in [-0.05, 0) is 50.4 Å². The van der Waals surface area contributed by atoms with Crippen LogP contribution < -0.4 is 4.90 Å². The molecule has 2 aromatic rings. The molecule has 0 spiro atoms. The highest BCUT2D eigenvalue weighted by Crippen LogP contribution is 2.45. The van der Waals surface area contributed by atoms with Gasteiger partial charge in [0.25, 0.3) is 0 Å². The zero-order valence-corrected chi connectivity index (χ0v) is 17.1. The Morgan fingerprint density at radius 2 is 2.00 bits per heavy atom. The Labute approximate surface area is 167 Å². The summed E-state index contributed by atoms with van der Waals surface area (Å²) in [5.41, 5.74) is 4.35. The number of hydrogen-bond donors (Lipinski definition) is 1. The number of rotatable bonds is 5. The van der Waals surface area contributed by atoms with Gasteiger partial charge < -0.3 is 10.0 Å². The number of aromatic hydroxyl groups is 1. The number of nitrogens with zero attached hydrogens (tertiary/aromatic N) is 2. The van der Waals surface area contributed by atoms with Crippen LogP contribution in [-0.2, 0) is 6.54 Å². The second-order valence-corrected chi connectivity index (χ2v) is 8.22. The highest BCUT2D eigenvalue weighted by molar-refractivity contribution is 8.03. The molecule has 1 aliphatic rings. The minimum atomic E-state index is 0.216. The molecule has 3 rings (SSSR count). The van der Waals surface area contributed by atoms with Gasteiger partial charge in [-0.3, -0.25) is 4.57 Å². The maximum absolute atomic E-state index is 10.1. The number of aromatic nitrogens is 1. The molecule has 1 N–H and O–H groups in total. The molecule has 6 heteroatoms. The molecule has 0 aliphatic carbocycles. The van der Waals surface area contributed by atoms with Crippen molar-refractivity contribution >= 4 is 47.1 Å². The van der Waals surface area contributed by atoms with Crippen LogP contribution in [0.3, 0.4) is 0 Å². The van der Waals surface area contributed by atoms with Gasteiger partial charge in [0.2, 0.25) is 5.88 Å². The lowest BCUT2D eigenvalue weighted by Gasteiger charge is -2.17. The molecular formula is C20H20N2OS3. The van der Waals surface area contributed by atoms with Crippen molar-refractivity contribution in [3.05, 3.63) is 68.2 Å². The fraction of sp³-hybridized carbons (Fsp3) is 0.200. The Hall–Kier alpha value is -1.98. The van der Waals surface area contributed by atoms with Crippen molar-refractivity contribution in [2.24, 2.45) is 0 Å². The van der Waals surface area contributed by atoms with Gasteiger partial charge in [0, 0.05) is 24.1 Å². The fourth-order valence-corrected chi connectivity index (χ4v) is 5.13. The lowest BCUT2D eigenvalue weighted by atomic mass is 10.3. The van der Waals surface area contributed by atoms with Gasteiger partial charge in [-0.2, -0.15) is 0 Å². The number of fused-ring (bicyclic) bond motifs is 1. The third kappa shape index (κ3) is 3.89. The fourth-order valence-electron chi connectivity index (χ4n) is 2.66. The Kier molecular flexibility index (Phi) is 6.22. The van der Waals surface area contributed by atoms with Crippen LogP contribution in [-0.4, -0.2) is 16.2 Å². The van der Waals surface area contributed by atoms with Gasteiger partial charge in [-0.25, -0.2) is 0 Å². The van der Waals surface area contributed by atoms with E-state index in [-0.39, 0.29) is 5.88 Å². The Morgan fingerprint density at radius 3 is 2.73 bits per heavy atom. The molecule has 1 aliphatic heterocycles. The van der Waals surface area contributed by atoms with Crippen LogP contribution in [0.1, 0.15) is 18.7 Å². The number of benzene rings is 1. The molecule has 0 unspecified atom stereocenters. The number of hydrogen-bond acceptors (Lipinski definition) is 5. The molecule has 0 atom stereocenters. The summed E-state index contributed by atoms with van der Waals surface area (Å²) in [6.45, 7) is 5.73. The van der Waals surface area contributed by atoms with Crippen molar-refractivity contribution in [1.29, 1.82) is 0 Å². The molecule has 134 valence electrons. The normalized spacial score (nSPS) is 14.7. The van der Waals surface area contributed by atoms with Crippen molar-refractivity contribution < 1.29 is 5.11 Å². The number of thioether (sulfide) groups is 1. The van der Waals surface area contributed by atoms with E-state index < -0.39 is 0 Å². The minimum absolute atomic E-state index is 0.216. The monoisotopic (exact) mass is 400 g/mol. The van der Waals surface area contributed by atoms with Gasteiger partial charge in [0.15, 0.2) is 3.95 Å². The van der Waals surface area contributed by atoms with Crippen molar-refractivity contribution in [2.75, 3.05) is 11.4 Å². The molecule has 0 amide bonds. The molecule has 26 heavy (non-hydrogen) atoms. The summed E-state index contributed by atoms with van der Waals surface area (Å²) in [4.78, 5) is 4.34. The first-order chi connectivity index (χ1) is 12.7. The van der Waals surface area contributed by atoms with E-state index >= 15 is 0 Å². The van der Waals surface area contributed by atoms with Crippen molar-refractivity contribution in [3.63, 3.8) is 0 Å². The molecule has 2 heterocycles. The Bertz CT molecular complexity index is 975. The maximum atomic E-state index is 10.1. The molecule has 0 fully saturated rings. The number of anilines is 1. The van der Waals surface area contributed by atoms with Crippen LogP contribution in [0.4, 0.5) is 5.69 Å². The highest BCUT2D eigenvalue weighted by atomic mass is 32.2. The van der Waals surface area contributed by atoms with Gasteiger partial charge >= 0.3 is 0 Å². The average molecular weight is 401 g/mol. The quantitative estimate of drug-likeness (QED) is 0.367. The second-order valence-electron chi connectivity index (χ2n) is 5.48. The maximum Gasteiger partial charge on any atom is 0.211 e. The summed E-state index contributed by atoms with van der Waals surface area (Å²) >= 11 is 8.40. The van der Waals surface area contributed by atoms with Crippen LogP contribution in [0.5, 0.6) is 5.88 Å². The van der Waals surface area contributed by atoms with Crippen LogP contribution in [0.15, 0.2) is 64.2 Å². The third-order valence-corrected chi connectivity index (χ3v) is 6.44. The first kappa shape index (κ1) is 18.8. The summed E-state index contributed by atoms with van der Waals surface area (Å²) in [5, 5.41) is 11.3. The number of para-hydroxylation sites is 1. The molecule has 0 bridgehead atoms. The van der Waals surface area contributed by atoms with Crippen molar-refractivity contribution in [1.82, 2.24) is 4.57 Å². The van der Waals surface area contributed by atoms with Crippen LogP contribution in [0, 0.1) is 3.95 Å². The van der Waals surface area contributed by atoms with Gasteiger partial charge in [-0.1, -0.05) is 36.0 Å². The average Bonchev–Trinajstić information content (AvgIpc) is 3.14. The predicted octanol–water partition coefficient (Wildman–Crippen LogP) is 6.20. The third-order valence-electron chi connectivity index (χ3n) is 3.92. The highest BCUT2D eigenvalue weighted by Gasteiger charge is 2.22. The molecule has 1 aromatic heterocycles. The number of allylic oxidation sites excluding steroid dienone is 4. The summed E-state index contributed by atoms with van der Waals surface area (Å²) in [6.07, 6.45) is 9.66. The zero-order valence-electron chi connectivity index (χ0n) is 14.7. The van der Waals surface area contributed by atoms with E-state index in [4.69, 9.17) is 12.2 Å². The summed E-state index contributed by atoms with van der Waals surface area (Å²) in [7, 11) is 0. The SMILES string of the molecule is CCN1C(=CC=CC=C=Cc2sc(=S)n(CC)c2O)Sc2ccccc21. The number of thiazole rings is 1. The molecule has 0 saturated carbocycles. The van der Waals surface area contributed by atoms with Gasteiger partial charge in [-0.15, -0.1) is 17.1 Å². The van der Waals surface area contributed by atoms with Crippen molar-refractivity contribution in [3.8, 4) is 5.88 Å². The first-order valence-electron chi connectivity index (χ1n) is 8.42. The van der Waals surface area contributed by atoms with Crippen LogP contribution >= 0.6 is 35.3 Å². The Morgan fingerprint density at radius 1 is 1.19 bits per heavy atom. The summed E-state index contributed by atoms with van der Waals surface area (Å²) in [5.74, 6) is 0.216. The van der Waals surface area contributed by atoms with E-state index in [2.05, 4.69) is 47.9 Å². The predicted molar refractivity (Wildman–Crippen MR) is 116 cm³/mol. The van der Waals surface area contributed by atoms with Crippen LogP contribution in [0.2, 0.25) is 0 Å². The lowest BCUT2D eigenvalue weighted by Crippen LogP contribution is -2.16. The second kappa shape index (κ2) is 8.60. The standard InChI is InChI=1S/C20H20N2OS3/c1-3-21-15-11-9-10-12-16(15)25-18(21)14-8-6-5-7-13-17-19(23)22(4-2)20(24)26-17/h5-6,8-14,23H,3-4H2,1-2H3. The van der Waals surface area contributed by atoms with E-state index in [9.17, 15) is 5.11 Å². The largest absolute Gasteiger partial charge is 0.493 e. The van der Waals surface area contributed by atoms with E-state index in [1.807, 2.05) is 25.2 Å². The summed E-state index contributed by atoms with van der Waals surface area (Å²) in [6, 6.07) is 8.45. The summed E-state index contributed by atoms with van der Waals surface area (Å²) < 4.78 is 2.39. The van der Waals surface area contributed by atoms with E-state index in [0.717, 1.165) is 11.4 Å². The van der Waals surface area contributed by atoms with E-state index in [1.165, 1.54) is 26.9 Å². The van der Waals surface area contributed by atoms with E-state index in [1.54, 1.807) is 22.4 Å². The molecule has 0 saturated heterocycles.